The number of hydrogen-bond donors (Lipinski definition) is 1. The van der Waals surface area contributed by atoms with Crippen LogP contribution in [0.5, 0.6) is 0 Å². The lowest BCUT2D eigenvalue weighted by Gasteiger charge is -2.38. The Morgan fingerprint density at radius 3 is 2.54 bits per heavy atom. The predicted octanol–water partition coefficient (Wildman–Crippen LogP) is 3.22. The molecule has 4 nitrogen and oxygen atoms in total. The van der Waals surface area contributed by atoms with Crippen LogP contribution in [0.2, 0.25) is 0 Å². The summed E-state index contributed by atoms with van der Waals surface area (Å²) in [6, 6.07) is 18.3. The normalized spacial score (nSPS) is 20.7. The standard InChI is InChI=1S/C20H23N3O/c24-20(21-17-5-2-1-3-6-17)16-8-10-18(11-9-16)23-14-13-22-12-4-7-19(22)15-23/h1-3,5-6,8-11,19H,4,7,12-15H2,(H,21,24). The minimum atomic E-state index is -0.0617. The van der Waals surface area contributed by atoms with E-state index in [9.17, 15) is 4.79 Å². The highest BCUT2D eigenvalue weighted by atomic mass is 16.1. The Balaban J connectivity index is 1.42. The number of fused-ring (bicyclic) bond motifs is 1. The Bertz CT molecular complexity index is 699. The van der Waals surface area contributed by atoms with Crippen LogP contribution < -0.4 is 10.2 Å². The molecule has 24 heavy (non-hydrogen) atoms. The van der Waals surface area contributed by atoms with Gasteiger partial charge >= 0.3 is 0 Å². The Kier molecular flexibility index (Phi) is 4.22. The molecule has 2 heterocycles. The molecule has 0 bridgehead atoms. The van der Waals surface area contributed by atoms with E-state index in [-0.39, 0.29) is 5.91 Å². The zero-order valence-electron chi connectivity index (χ0n) is 13.8. The number of carbonyl (C=O) groups excluding carboxylic acids is 1. The summed E-state index contributed by atoms with van der Waals surface area (Å²) in [6.07, 6.45) is 2.64. The molecule has 0 saturated carbocycles. The first-order valence-corrected chi connectivity index (χ1v) is 8.75. The highest BCUT2D eigenvalue weighted by Gasteiger charge is 2.30. The van der Waals surface area contributed by atoms with E-state index in [0.717, 1.165) is 25.3 Å². The summed E-state index contributed by atoms with van der Waals surface area (Å²) in [4.78, 5) is 17.4. The lowest BCUT2D eigenvalue weighted by atomic mass is 10.1. The van der Waals surface area contributed by atoms with Gasteiger partial charge in [-0.3, -0.25) is 9.69 Å². The van der Waals surface area contributed by atoms with Crippen LogP contribution in [0.1, 0.15) is 23.2 Å². The van der Waals surface area contributed by atoms with Crippen molar-refractivity contribution in [3.8, 4) is 0 Å². The summed E-state index contributed by atoms with van der Waals surface area (Å²) < 4.78 is 0. The fraction of sp³-hybridized carbons (Fsp3) is 0.350. The average Bonchev–Trinajstić information content (AvgIpc) is 3.10. The molecule has 1 unspecified atom stereocenters. The van der Waals surface area contributed by atoms with Gasteiger partial charge in [-0.2, -0.15) is 0 Å². The van der Waals surface area contributed by atoms with Crippen LogP contribution >= 0.6 is 0 Å². The molecule has 0 aliphatic carbocycles. The minimum absolute atomic E-state index is 0.0617. The number of rotatable bonds is 3. The maximum atomic E-state index is 12.3. The highest BCUT2D eigenvalue weighted by molar-refractivity contribution is 6.04. The summed E-state index contributed by atoms with van der Waals surface area (Å²) in [6.45, 7) is 4.60. The van der Waals surface area contributed by atoms with Gasteiger partial charge in [-0.15, -0.1) is 0 Å². The Labute approximate surface area is 143 Å². The third-order valence-corrected chi connectivity index (χ3v) is 5.11. The van der Waals surface area contributed by atoms with Crippen LogP contribution in [-0.2, 0) is 0 Å². The van der Waals surface area contributed by atoms with E-state index in [0.29, 0.717) is 11.6 Å². The fourth-order valence-corrected chi connectivity index (χ4v) is 3.77. The molecule has 2 aromatic rings. The van der Waals surface area contributed by atoms with Crippen molar-refractivity contribution in [3.63, 3.8) is 0 Å². The van der Waals surface area contributed by atoms with E-state index >= 15 is 0 Å². The molecule has 0 spiro atoms. The SMILES string of the molecule is O=C(Nc1ccccc1)c1ccc(N2CCN3CCCC3C2)cc1. The Hall–Kier alpha value is -2.33. The maximum Gasteiger partial charge on any atom is 0.255 e. The molecule has 2 aromatic carbocycles. The lowest BCUT2D eigenvalue weighted by molar-refractivity contribution is 0.102. The van der Waals surface area contributed by atoms with E-state index in [2.05, 4.69) is 27.2 Å². The Morgan fingerprint density at radius 1 is 0.958 bits per heavy atom. The number of para-hydroxylation sites is 1. The van der Waals surface area contributed by atoms with Crippen LogP contribution in [0, 0.1) is 0 Å². The van der Waals surface area contributed by atoms with E-state index < -0.39 is 0 Å². The number of anilines is 2. The number of nitrogens with one attached hydrogen (secondary N) is 1. The van der Waals surface area contributed by atoms with Gasteiger partial charge in [-0.25, -0.2) is 0 Å². The monoisotopic (exact) mass is 321 g/mol. The molecule has 1 amide bonds. The molecule has 4 heteroatoms. The molecule has 2 aliphatic heterocycles. The second kappa shape index (κ2) is 6.65. The van der Waals surface area contributed by atoms with Crippen molar-refractivity contribution in [1.29, 1.82) is 0 Å². The number of benzene rings is 2. The molecule has 2 saturated heterocycles. The van der Waals surface area contributed by atoms with Crippen molar-refractivity contribution < 1.29 is 4.79 Å². The van der Waals surface area contributed by atoms with Gasteiger partial charge in [-0.1, -0.05) is 18.2 Å². The van der Waals surface area contributed by atoms with Crippen LogP contribution in [0.3, 0.4) is 0 Å². The first kappa shape index (κ1) is 15.2. The zero-order chi connectivity index (χ0) is 16.4. The molecule has 4 rings (SSSR count). The van der Waals surface area contributed by atoms with Gasteiger partial charge in [0, 0.05) is 42.6 Å². The van der Waals surface area contributed by atoms with Crippen molar-refractivity contribution in [2.75, 3.05) is 36.4 Å². The van der Waals surface area contributed by atoms with Crippen molar-refractivity contribution in [1.82, 2.24) is 4.90 Å². The molecule has 2 aliphatic rings. The van der Waals surface area contributed by atoms with Crippen molar-refractivity contribution in [2.45, 2.75) is 18.9 Å². The third kappa shape index (κ3) is 3.15. The van der Waals surface area contributed by atoms with E-state index in [1.54, 1.807) is 0 Å². The number of amides is 1. The number of hydrogen-bond acceptors (Lipinski definition) is 3. The van der Waals surface area contributed by atoms with Crippen LogP contribution in [0.4, 0.5) is 11.4 Å². The molecule has 0 aromatic heterocycles. The topological polar surface area (TPSA) is 35.6 Å². The van der Waals surface area contributed by atoms with Gasteiger partial charge in [0.05, 0.1) is 0 Å². The molecular weight excluding hydrogens is 298 g/mol. The molecule has 0 radical (unpaired) electrons. The zero-order valence-corrected chi connectivity index (χ0v) is 13.8. The van der Waals surface area contributed by atoms with Crippen molar-refractivity contribution >= 4 is 17.3 Å². The van der Waals surface area contributed by atoms with Crippen LogP contribution in [0.25, 0.3) is 0 Å². The van der Waals surface area contributed by atoms with Crippen molar-refractivity contribution in [3.05, 3.63) is 60.2 Å². The minimum Gasteiger partial charge on any atom is -0.369 e. The van der Waals surface area contributed by atoms with Crippen molar-refractivity contribution in [2.24, 2.45) is 0 Å². The average molecular weight is 321 g/mol. The summed E-state index contributed by atoms with van der Waals surface area (Å²) in [5, 5.41) is 2.93. The quantitative estimate of drug-likeness (QED) is 0.943. The number of nitrogens with zero attached hydrogens (tertiary/aromatic N) is 2. The molecule has 2 fully saturated rings. The molecule has 1 N–H and O–H groups in total. The van der Waals surface area contributed by atoms with E-state index in [1.165, 1.54) is 25.1 Å². The van der Waals surface area contributed by atoms with E-state index in [1.807, 2.05) is 42.5 Å². The van der Waals surface area contributed by atoms with Gasteiger partial charge in [0.1, 0.15) is 0 Å². The molecule has 124 valence electrons. The van der Waals surface area contributed by atoms with Crippen LogP contribution in [-0.4, -0.2) is 43.0 Å². The molecular formula is C20H23N3O. The number of piperazine rings is 1. The summed E-state index contributed by atoms with van der Waals surface area (Å²) >= 11 is 0. The first-order chi connectivity index (χ1) is 11.8. The summed E-state index contributed by atoms with van der Waals surface area (Å²) in [5.41, 5.74) is 2.74. The van der Waals surface area contributed by atoms with Gasteiger partial charge < -0.3 is 10.2 Å². The predicted molar refractivity (Wildman–Crippen MR) is 97.6 cm³/mol. The van der Waals surface area contributed by atoms with Crippen LogP contribution in [0.15, 0.2) is 54.6 Å². The lowest BCUT2D eigenvalue weighted by Crippen LogP contribution is -2.50. The first-order valence-electron chi connectivity index (χ1n) is 8.75. The summed E-state index contributed by atoms with van der Waals surface area (Å²) in [7, 11) is 0. The largest absolute Gasteiger partial charge is 0.369 e. The second-order valence-corrected chi connectivity index (χ2v) is 6.65. The Morgan fingerprint density at radius 2 is 1.75 bits per heavy atom. The highest BCUT2D eigenvalue weighted by Crippen LogP contribution is 2.25. The van der Waals surface area contributed by atoms with Gasteiger partial charge in [0.15, 0.2) is 0 Å². The number of carbonyl (C=O) groups is 1. The second-order valence-electron chi connectivity index (χ2n) is 6.65. The molecule has 1 atom stereocenters. The van der Waals surface area contributed by atoms with E-state index in [4.69, 9.17) is 0 Å². The maximum absolute atomic E-state index is 12.3. The summed E-state index contributed by atoms with van der Waals surface area (Å²) in [5.74, 6) is -0.0617. The van der Waals surface area contributed by atoms with Gasteiger partial charge in [0.25, 0.3) is 5.91 Å². The van der Waals surface area contributed by atoms with Gasteiger partial charge in [-0.05, 0) is 55.8 Å². The third-order valence-electron chi connectivity index (χ3n) is 5.11. The fourth-order valence-electron chi connectivity index (χ4n) is 3.77. The van der Waals surface area contributed by atoms with Gasteiger partial charge in [0.2, 0.25) is 0 Å². The smallest absolute Gasteiger partial charge is 0.255 e.